The Bertz CT molecular complexity index is 1010. The van der Waals surface area contributed by atoms with E-state index in [-0.39, 0.29) is 24.3 Å². The van der Waals surface area contributed by atoms with Crippen molar-refractivity contribution in [1.82, 2.24) is 9.80 Å². The maximum atomic E-state index is 13.5. The van der Waals surface area contributed by atoms with E-state index < -0.39 is 0 Å². The average Bonchev–Trinajstić information content (AvgIpc) is 3.35. The highest BCUT2D eigenvalue weighted by atomic mass is 16.3. The Morgan fingerprint density at radius 3 is 2.21 bits per heavy atom. The number of hydrogen-bond donors (Lipinski definition) is 0. The fraction of sp³-hybridized carbons (Fsp3) is 0.379. The number of rotatable bonds is 12. The van der Waals surface area contributed by atoms with Crippen LogP contribution in [0.1, 0.15) is 60.9 Å². The highest BCUT2D eigenvalue weighted by molar-refractivity contribution is 5.96. The lowest BCUT2D eigenvalue weighted by atomic mass is 10.1. The van der Waals surface area contributed by atoms with Crippen LogP contribution in [-0.2, 0) is 24.3 Å². The molecular weight excluding hydrogens is 424 g/mol. The monoisotopic (exact) mass is 460 g/mol. The second-order valence-electron chi connectivity index (χ2n) is 9.19. The van der Waals surface area contributed by atoms with Gasteiger partial charge in [0.2, 0.25) is 5.91 Å². The van der Waals surface area contributed by atoms with Gasteiger partial charge in [0.05, 0.1) is 12.8 Å². The smallest absolute Gasteiger partial charge is 0.254 e. The number of unbranched alkanes of at least 4 members (excludes halogenated alkanes) is 1. The van der Waals surface area contributed by atoms with Crippen LogP contribution in [0.4, 0.5) is 0 Å². The van der Waals surface area contributed by atoms with Gasteiger partial charge >= 0.3 is 0 Å². The average molecular weight is 461 g/mol. The molecule has 3 rings (SSSR count). The van der Waals surface area contributed by atoms with Gasteiger partial charge in [-0.25, -0.2) is 0 Å². The minimum absolute atomic E-state index is 0.0299. The molecule has 0 aliphatic heterocycles. The fourth-order valence-corrected chi connectivity index (χ4v) is 3.93. The van der Waals surface area contributed by atoms with Gasteiger partial charge in [-0.3, -0.25) is 9.59 Å². The van der Waals surface area contributed by atoms with Crippen LogP contribution >= 0.6 is 0 Å². The highest BCUT2D eigenvalue weighted by Gasteiger charge is 2.24. The van der Waals surface area contributed by atoms with Crippen LogP contribution in [0.25, 0.3) is 0 Å². The Hall–Kier alpha value is -3.34. The molecule has 0 radical (unpaired) electrons. The lowest BCUT2D eigenvalue weighted by Gasteiger charge is -2.28. The van der Waals surface area contributed by atoms with Crippen molar-refractivity contribution < 1.29 is 14.0 Å². The van der Waals surface area contributed by atoms with Gasteiger partial charge in [-0.05, 0) is 54.2 Å². The zero-order chi connectivity index (χ0) is 24.3. The SMILES string of the molecule is CCCCc1ccc(C(=O)N(CC(=O)N(Cc2ccccc2)Cc2ccco2)CC(C)C)cc1. The van der Waals surface area contributed by atoms with Gasteiger partial charge in [0, 0.05) is 18.7 Å². The Morgan fingerprint density at radius 2 is 1.59 bits per heavy atom. The van der Waals surface area contributed by atoms with Crippen LogP contribution in [0.2, 0.25) is 0 Å². The first-order chi connectivity index (χ1) is 16.5. The molecule has 2 amide bonds. The van der Waals surface area contributed by atoms with Crippen molar-refractivity contribution in [2.45, 2.75) is 53.1 Å². The van der Waals surface area contributed by atoms with Gasteiger partial charge < -0.3 is 14.2 Å². The van der Waals surface area contributed by atoms with Crippen molar-refractivity contribution in [2.24, 2.45) is 5.92 Å². The van der Waals surface area contributed by atoms with Crippen molar-refractivity contribution in [3.8, 4) is 0 Å². The molecule has 5 nitrogen and oxygen atoms in total. The zero-order valence-corrected chi connectivity index (χ0v) is 20.6. The molecule has 0 aliphatic carbocycles. The standard InChI is InChI=1S/C29H36N2O3/c1-4-5-10-24-14-16-26(17-15-24)29(33)31(19-23(2)3)22-28(32)30(21-27-13-9-18-34-27)20-25-11-7-6-8-12-25/h6-9,11-18,23H,4-5,10,19-22H2,1-3H3. The maximum absolute atomic E-state index is 13.5. The van der Waals surface area contributed by atoms with Crippen LogP contribution in [-0.4, -0.2) is 34.7 Å². The van der Waals surface area contributed by atoms with Crippen LogP contribution in [0, 0.1) is 5.92 Å². The number of furan rings is 1. The molecule has 0 bridgehead atoms. The summed E-state index contributed by atoms with van der Waals surface area (Å²) in [5.74, 6) is 0.748. The van der Waals surface area contributed by atoms with Crippen molar-refractivity contribution in [3.63, 3.8) is 0 Å². The summed E-state index contributed by atoms with van der Waals surface area (Å²) >= 11 is 0. The van der Waals surface area contributed by atoms with Gasteiger partial charge in [-0.15, -0.1) is 0 Å². The molecule has 0 aliphatic rings. The van der Waals surface area contributed by atoms with E-state index >= 15 is 0 Å². The molecule has 2 aromatic carbocycles. The molecule has 0 N–H and O–H groups in total. The van der Waals surface area contributed by atoms with E-state index in [0.29, 0.717) is 31.0 Å². The minimum Gasteiger partial charge on any atom is -0.467 e. The molecule has 0 spiro atoms. The highest BCUT2D eigenvalue weighted by Crippen LogP contribution is 2.15. The van der Waals surface area contributed by atoms with Gasteiger partial charge in [0.25, 0.3) is 5.91 Å². The van der Waals surface area contributed by atoms with Gasteiger partial charge in [0.1, 0.15) is 12.3 Å². The molecule has 34 heavy (non-hydrogen) atoms. The van der Waals surface area contributed by atoms with Crippen molar-refractivity contribution in [3.05, 3.63) is 95.4 Å². The van der Waals surface area contributed by atoms with Crippen molar-refractivity contribution in [2.75, 3.05) is 13.1 Å². The third kappa shape index (κ3) is 7.62. The van der Waals surface area contributed by atoms with Gasteiger partial charge in [0.15, 0.2) is 0 Å². The topological polar surface area (TPSA) is 53.8 Å². The summed E-state index contributed by atoms with van der Waals surface area (Å²) in [6.45, 7) is 7.65. The molecule has 0 atom stereocenters. The van der Waals surface area contributed by atoms with Crippen LogP contribution in [0.15, 0.2) is 77.4 Å². The summed E-state index contributed by atoms with van der Waals surface area (Å²) in [7, 11) is 0. The third-order valence-electron chi connectivity index (χ3n) is 5.71. The lowest BCUT2D eigenvalue weighted by molar-refractivity contribution is -0.133. The quantitative estimate of drug-likeness (QED) is 0.336. The van der Waals surface area contributed by atoms with E-state index in [1.165, 1.54) is 5.56 Å². The molecule has 0 saturated heterocycles. The lowest BCUT2D eigenvalue weighted by Crippen LogP contribution is -2.43. The maximum Gasteiger partial charge on any atom is 0.254 e. The van der Waals surface area contributed by atoms with Crippen molar-refractivity contribution in [1.29, 1.82) is 0 Å². The Balaban J connectivity index is 1.76. The van der Waals surface area contributed by atoms with Crippen LogP contribution in [0.3, 0.4) is 0 Å². The number of hydrogen-bond acceptors (Lipinski definition) is 3. The van der Waals surface area contributed by atoms with Crippen molar-refractivity contribution >= 4 is 11.8 Å². The van der Waals surface area contributed by atoms with E-state index in [0.717, 1.165) is 24.8 Å². The molecule has 3 aromatic rings. The first-order valence-corrected chi connectivity index (χ1v) is 12.2. The predicted molar refractivity (Wildman–Crippen MR) is 135 cm³/mol. The summed E-state index contributed by atoms with van der Waals surface area (Å²) < 4.78 is 5.50. The van der Waals surface area contributed by atoms with E-state index in [9.17, 15) is 9.59 Å². The van der Waals surface area contributed by atoms with E-state index in [1.807, 2.05) is 66.7 Å². The number of benzene rings is 2. The summed E-state index contributed by atoms with van der Waals surface area (Å²) in [6, 6.07) is 21.4. The summed E-state index contributed by atoms with van der Waals surface area (Å²) in [5, 5.41) is 0. The minimum atomic E-state index is -0.109. The molecule has 1 aromatic heterocycles. The number of carbonyl (C=O) groups excluding carboxylic acids is 2. The number of amides is 2. The number of aryl methyl sites for hydroxylation is 1. The van der Waals surface area contributed by atoms with E-state index in [4.69, 9.17) is 4.42 Å². The normalized spacial score (nSPS) is 10.9. The summed E-state index contributed by atoms with van der Waals surface area (Å²) in [5.41, 5.74) is 2.89. The number of carbonyl (C=O) groups is 2. The van der Waals surface area contributed by atoms with E-state index in [2.05, 4.69) is 20.8 Å². The third-order valence-corrected chi connectivity index (χ3v) is 5.71. The molecule has 0 unspecified atom stereocenters. The zero-order valence-electron chi connectivity index (χ0n) is 20.6. The second kappa shape index (κ2) is 12.8. The first-order valence-electron chi connectivity index (χ1n) is 12.2. The van der Waals surface area contributed by atoms with Crippen LogP contribution in [0.5, 0.6) is 0 Å². The predicted octanol–water partition coefficient (Wildman–Crippen LogP) is 5.95. The van der Waals surface area contributed by atoms with Gasteiger partial charge in [-0.2, -0.15) is 0 Å². The second-order valence-corrected chi connectivity index (χ2v) is 9.19. The largest absolute Gasteiger partial charge is 0.467 e. The summed E-state index contributed by atoms with van der Waals surface area (Å²) in [6.07, 6.45) is 4.90. The van der Waals surface area contributed by atoms with E-state index in [1.54, 1.807) is 16.1 Å². The fourth-order valence-electron chi connectivity index (χ4n) is 3.93. The Kier molecular flexibility index (Phi) is 9.51. The first kappa shape index (κ1) is 25.3. The number of nitrogens with zero attached hydrogens (tertiary/aromatic N) is 2. The Morgan fingerprint density at radius 1 is 0.853 bits per heavy atom. The molecule has 5 heteroatoms. The molecular formula is C29H36N2O3. The Labute approximate surface area is 203 Å². The molecule has 0 fully saturated rings. The van der Waals surface area contributed by atoms with Crippen LogP contribution < -0.4 is 0 Å². The summed E-state index contributed by atoms with van der Waals surface area (Å²) in [4.78, 5) is 30.3. The molecule has 1 heterocycles. The molecule has 180 valence electrons. The van der Waals surface area contributed by atoms with Gasteiger partial charge in [-0.1, -0.05) is 69.7 Å². The molecule has 0 saturated carbocycles.